The molecule has 0 saturated carbocycles. The van der Waals surface area contributed by atoms with Crippen LogP contribution in [0.2, 0.25) is 0 Å². The first kappa shape index (κ1) is 37.0. The third kappa shape index (κ3) is 251000. The minimum Gasteiger partial charge on any atom is -0.444 e. The molecule has 0 N–H and O–H groups in total. The maximum absolute atomic E-state index is 8.00. The van der Waals surface area contributed by atoms with Crippen LogP contribution in [0.15, 0.2) is 21.4 Å². The van der Waals surface area contributed by atoms with Crippen molar-refractivity contribution in [2.24, 2.45) is 21.4 Å². The summed E-state index contributed by atoms with van der Waals surface area (Å²) in [5, 5.41) is 36.0. The summed E-state index contributed by atoms with van der Waals surface area (Å²) in [6.45, 7) is 0. The van der Waals surface area contributed by atoms with E-state index in [2.05, 4.69) is 0 Å². The maximum Gasteiger partial charge on any atom is 1.00 e. The summed E-state index contributed by atoms with van der Waals surface area (Å²) >= 11 is 0. The van der Waals surface area contributed by atoms with Crippen LogP contribution in [0.3, 0.4) is 0 Å². The predicted octanol–water partition coefficient (Wildman–Crippen LogP) is -2.00. The van der Waals surface area contributed by atoms with Crippen molar-refractivity contribution in [3.63, 3.8) is 0 Å². The van der Waals surface area contributed by atoms with Crippen molar-refractivity contribution in [3.8, 4) is 0 Å². The Morgan fingerprint density at radius 2 is 0.571 bits per heavy atom. The first-order valence-corrected chi connectivity index (χ1v) is 1.46. The van der Waals surface area contributed by atoms with Crippen LogP contribution < -0.4 is 51.4 Å². The number of nitrogens with zero attached hydrogens (tertiary/aromatic N) is 4. The van der Waals surface area contributed by atoms with Gasteiger partial charge in [0.15, 0.2) is 0 Å². The van der Waals surface area contributed by atoms with Gasteiger partial charge in [-0.1, -0.05) is 0 Å². The zero-order chi connectivity index (χ0) is 10.8. The largest absolute Gasteiger partial charge is 1.00 e. The summed E-state index contributed by atoms with van der Waals surface area (Å²) in [7, 11) is 0. The van der Waals surface area contributed by atoms with Crippen LogP contribution in [-0.4, -0.2) is 0 Å². The van der Waals surface area contributed by atoms with Crippen molar-refractivity contribution in [1.29, 1.82) is 0 Å². The van der Waals surface area contributed by atoms with E-state index in [0.717, 1.165) is 21.4 Å². The summed E-state index contributed by atoms with van der Waals surface area (Å²) < 4.78 is 0. The molecular formula is KN4O8Pt-3. The van der Waals surface area contributed by atoms with Crippen LogP contribution in [0, 0.1) is 40.5 Å². The fraction of sp³-hybridized carbons (Fsp3) is 0. The minimum atomic E-state index is 0. The Kier molecular flexibility index (Phi) is 316. The topological polar surface area (TPSA) is 210 Å². The standard InChI is InChI=1S/K.4HNO2.Pt/c;4*2-1-3;/h;4*(H,2,3);/q+1;;;;;/p-4. The average Bonchev–Trinajstić information content (AvgIpc) is 1.92. The molecule has 14 heavy (non-hydrogen) atoms. The molecule has 0 spiro atoms. The van der Waals surface area contributed by atoms with Gasteiger partial charge < -0.3 is 40.5 Å². The molecule has 0 bridgehead atoms. The Balaban J connectivity index is -0.0000000145. The molecule has 0 aliphatic carbocycles. The van der Waals surface area contributed by atoms with Gasteiger partial charge in [0.25, 0.3) is 0 Å². The van der Waals surface area contributed by atoms with Gasteiger partial charge in [-0.2, -0.15) is 0 Å². The van der Waals surface area contributed by atoms with E-state index >= 15 is 0 Å². The second-order valence-corrected chi connectivity index (χ2v) is 0.298. The van der Waals surface area contributed by atoms with E-state index in [1.807, 2.05) is 0 Å². The zero-order valence-corrected chi connectivity index (χ0v) is 11.8. The van der Waals surface area contributed by atoms with Gasteiger partial charge >= 0.3 is 51.4 Å². The molecule has 0 aliphatic rings. The van der Waals surface area contributed by atoms with Gasteiger partial charge in [0.2, 0.25) is 0 Å². The van der Waals surface area contributed by atoms with Crippen molar-refractivity contribution >= 4 is 0 Å². The van der Waals surface area contributed by atoms with Crippen molar-refractivity contribution in [3.05, 3.63) is 40.5 Å². The fourth-order valence-electron chi connectivity index (χ4n) is 0. The molecule has 0 heterocycles. The molecule has 0 saturated heterocycles. The Labute approximate surface area is 132 Å². The van der Waals surface area contributed by atoms with Gasteiger partial charge in [-0.3, -0.25) is 0 Å². The van der Waals surface area contributed by atoms with Crippen LogP contribution >= 0.6 is 0 Å². The van der Waals surface area contributed by atoms with E-state index in [4.69, 9.17) is 40.5 Å². The van der Waals surface area contributed by atoms with E-state index in [-0.39, 0.29) is 72.4 Å². The molecule has 14 heteroatoms. The van der Waals surface area contributed by atoms with E-state index in [0.29, 0.717) is 0 Å². The molecule has 0 fully saturated rings. The molecule has 0 amide bonds. The molecule has 0 aliphatic heterocycles. The normalized spacial score (nSPS) is 3.43. The number of hydrogen-bond acceptors (Lipinski definition) is 12. The van der Waals surface area contributed by atoms with Crippen molar-refractivity contribution in [1.82, 2.24) is 0 Å². The SMILES string of the molecule is O=N[O-].O=N[O-].O=N[O-].O=N[O-].[K+].[Pt]. The molecule has 0 atom stereocenters. The summed E-state index contributed by atoms with van der Waals surface area (Å²) in [5.41, 5.74) is 0. The molecule has 0 aromatic rings. The third-order valence-electron chi connectivity index (χ3n) is 0. The monoisotopic (exact) mass is 418 g/mol. The molecule has 0 aromatic heterocycles. The Morgan fingerprint density at radius 3 is 0.571 bits per heavy atom. The van der Waals surface area contributed by atoms with Crippen molar-refractivity contribution in [2.75, 3.05) is 0 Å². The summed E-state index contributed by atoms with van der Waals surface area (Å²) in [6.07, 6.45) is 0. The molecule has 0 unspecified atom stereocenters. The average molecular weight is 418 g/mol. The van der Waals surface area contributed by atoms with Gasteiger partial charge in [-0.05, 0) is 0 Å². The first-order valence-electron chi connectivity index (χ1n) is 1.46. The molecule has 0 rings (SSSR count). The van der Waals surface area contributed by atoms with Crippen LogP contribution in [0.1, 0.15) is 0 Å². The van der Waals surface area contributed by atoms with Gasteiger partial charge in [0.1, 0.15) is 0 Å². The van der Waals surface area contributed by atoms with E-state index in [1.165, 1.54) is 0 Å². The smallest absolute Gasteiger partial charge is 0.444 e. The van der Waals surface area contributed by atoms with Gasteiger partial charge in [-0.15, -0.1) is 21.4 Å². The van der Waals surface area contributed by atoms with Crippen LogP contribution in [0.5, 0.6) is 0 Å². The molecule has 12 nitrogen and oxygen atoms in total. The van der Waals surface area contributed by atoms with Crippen LogP contribution in [0.25, 0.3) is 0 Å². The maximum atomic E-state index is 8.00. The fourth-order valence-corrected chi connectivity index (χ4v) is 0. The minimum absolute atomic E-state index is 0. The predicted molar refractivity (Wildman–Crippen MR) is 36.6 cm³/mol. The van der Waals surface area contributed by atoms with Gasteiger partial charge in [0.05, 0.1) is 0 Å². The van der Waals surface area contributed by atoms with E-state index in [9.17, 15) is 0 Å². The zero-order valence-electron chi connectivity index (χ0n) is 6.37. The van der Waals surface area contributed by atoms with Crippen LogP contribution in [-0.2, 0) is 21.1 Å². The summed E-state index contributed by atoms with van der Waals surface area (Å²) in [4.78, 5) is 32.0. The van der Waals surface area contributed by atoms with E-state index in [1.54, 1.807) is 0 Å². The molecular weight excluding hydrogens is 418 g/mol. The third-order valence-corrected chi connectivity index (χ3v) is 0. The Hall–Kier alpha value is -0.0753. The van der Waals surface area contributed by atoms with Gasteiger partial charge in [0, 0.05) is 21.1 Å². The Bertz CT molecular complexity index is 75.3. The van der Waals surface area contributed by atoms with E-state index < -0.39 is 0 Å². The Morgan fingerprint density at radius 1 is 0.571 bits per heavy atom. The van der Waals surface area contributed by atoms with Crippen molar-refractivity contribution < 1.29 is 72.4 Å². The van der Waals surface area contributed by atoms with Crippen molar-refractivity contribution in [2.45, 2.75) is 0 Å². The van der Waals surface area contributed by atoms with Crippen LogP contribution in [0.4, 0.5) is 0 Å². The number of rotatable bonds is 0. The second kappa shape index (κ2) is 119. The quantitative estimate of drug-likeness (QED) is 0.243. The number of hydrogen-bond donors (Lipinski definition) is 0. The molecule has 0 radical (unpaired) electrons. The summed E-state index contributed by atoms with van der Waals surface area (Å²) in [5.74, 6) is 0. The molecule has 0 aromatic carbocycles. The first-order chi connectivity index (χ1) is 5.66. The summed E-state index contributed by atoms with van der Waals surface area (Å²) in [6, 6.07) is 0. The molecule has 82 valence electrons. The van der Waals surface area contributed by atoms with Gasteiger partial charge in [-0.25, -0.2) is 0 Å². The second-order valence-electron chi connectivity index (χ2n) is 0.298.